The highest BCUT2D eigenvalue weighted by Gasteiger charge is 2.20. The van der Waals surface area contributed by atoms with Gasteiger partial charge in [-0.25, -0.2) is 14.7 Å². The Morgan fingerprint density at radius 3 is 2.34 bits per heavy atom. The van der Waals surface area contributed by atoms with Crippen molar-refractivity contribution in [3.05, 3.63) is 53.7 Å². The first-order valence-corrected chi connectivity index (χ1v) is 12.7. The van der Waals surface area contributed by atoms with Crippen molar-refractivity contribution < 1.29 is 14.3 Å². The largest absolute Gasteiger partial charge is 0.494 e. The van der Waals surface area contributed by atoms with Gasteiger partial charge in [0.1, 0.15) is 11.4 Å². The number of hydrogen-bond donors (Lipinski definition) is 1. The van der Waals surface area contributed by atoms with Gasteiger partial charge < -0.3 is 15.4 Å². The summed E-state index contributed by atoms with van der Waals surface area (Å²) in [5, 5.41) is 2.27. The fourth-order valence-corrected chi connectivity index (χ4v) is 4.35. The molecular formula is C26H33N5O3S. The lowest BCUT2D eigenvalue weighted by Gasteiger charge is -2.17. The topological polar surface area (TPSA) is 102 Å². The maximum Gasteiger partial charge on any atom is 0.325 e. The number of nitrogens with two attached hydrogens (primary N) is 1. The predicted octanol–water partition coefficient (Wildman–Crippen LogP) is 5.86. The third kappa shape index (κ3) is 7.26. The molecule has 1 aromatic carbocycles. The predicted molar refractivity (Wildman–Crippen MR) is 140 cm³/mol. The van der Waals surface area contributed by atoms with Crippen LogP contribution in [-0.4, -0.2) is 47.5 Å². The number of primary amides is 1. The number of urea groups is 1. The molecule has 0 atom stereocenters. The van der Waals surface area contributed by atoms with E-state index in [1.165, 1.54) is 53.2 Å². The van der Waals surface area contributed by atoms with Crippen LogP contribution in [0.25, 0.3) is 11.3 Å². The van der Waals surface area contributed by atoms with Gasteiger partial charge in [0.15, 0.2) is 5.13 Å². The molecule has 2 heterocycles. The highest BCUT2D eigenvalue weighted by atomic mass is 32.1. The van der Waals surface area contributed by atoms with E-state index in [0.717, 1.165) is 17.7 Å². The van der Waals surface area contributed by atoms with Crippen molar-refractivity contribution >= 4 is 34.1 Å². The van der Waals surface area contributed by atoms with Crippen LogP contribution in [-0.2, 0) is 0 Å². The summed E-state index contributed by atoms with van der Waals surface area (Å²) in [5.41, 5.74) is 8.03. The Morgan fingerprint density at radius 2 is 1.71 bits per heavy atom. The number of anilines is 2. The molecule has 2 aromatic heterocycles. The summed E-state index contributed by atoms with van der Waals surface area (Å²) in [7, 11) is 3.36. The van der Waals surface area contributed by atoms with Crippen LogP contribution in [0.4, 0.5) is 15.6 Å². The molecule has 9 heteroatoms. The SMILES string of the molecule is CCCCCCCCOc1ccc(N(C(N)=O)c2nc(-c3ccc(C(=O)N(C)C)nc3)cs2)cc1. The average Bonchev–Trinajstić information content (AvgIpc) is 3.33. The molecule has 0 aliphatic rings. The number of carbonyl (C=O) groups is 2. The second-order valence-corrected chi connectivity index (χ2v) is 9.27. The number of nitrogens with zero attached hydrogens (tertiary/aromatic N) is 4. The van der Waals surface area contributed by atoms with Gasteiger partial charge in [0.25, 0.3) is 5.91 Å². The fourth-order valence-electron chi connectivity index (χ4n) is 3.50. The molecular weight excluding hydrogens is 462 g/mol. The van der Waals surface area contributed by atoms with Crippen LogP contribution < -0.4 is 15.4 Å². The van der Waals surface area contributed by atoms with E-state index in [2.05, 4.69) is 16.9 Å². The van der Waals surface area contributed by atoms with Crippen molar-refractivity contribution in [2.75, 3.05) is 25.6 Å². The van der Waals surface area contributed by atoms with E-state index in [4.69, 9.17) is 10.5 Å². The van der Waals surface area contributed by atoms with E-state index >= 15 is 0 Å². The second-order valence-electron chi connectivity index (χ2n) is 8.43. The Kier molecular flexibility index (Phi) is 9.60. The molecule has 2 N–H and O–H groups in total. The monoisotopic (exact) mass is 495 g/mol. The quantitative estimate of drug-likeness (QED) is 0.317. The molecule has 8 nitrogen and oxygen atoms in total. The number of amides is 3. The first-order chi connectivity index (χ1) is 16.9. The number of rotatable bonds is 12. The van der Waals surface area contributed by atoms with Crippen molar-refractivity contribution in [1.82, 2.24) is 14.9 Å². The zero-order valence-corrected chi connectivity index (χ0v) is 21.4. The molecule has 3 amide bonds. The van der Waals surface area contributed by atoms with E-state index in [0.29, 0.717) is 28.8 Å². The van der Waals surface area contributed by atoms with Gasteiger partial charge in [0.2, 0.25) is 0 Å². The molecule has 0 bridgehead atoms. The minimum absolute atomic E-state index is 0.171. The summed E-state index contributed by atoms with van der Waals surface area (Å²) in [5.74, 6) is 0.583. The van der Waals surface area contributed by atoms with Crippen LogP contribution in [0.1, 0.15) is 55.9 Å². The highest BCUT2D eigenvalue weighted by molar-refractivity contribution is 7.14. The Bertz CT molecular complexity index is 1100. The number of benzene rings is 1. The van der Waals surface area contributed by atoms with Crippen molar-refractivity contribution in [2.24, 2.45) is 5.73 Å². The van der Waals surface area contributed by atoms with Gasteiger partial charge in [0.05, 0.1) is 18.0 Å². The maximum absolute atomic E-state index is 12.3. The summed E-state index contributed by atoms with van der Waals surface area (Å²) in [6.07, 6.45) is 8.86. The number of aromatic nitrogens is 2. The van der Waals surface area contributed by atoms with Crippen molar-refractivity contribution in [2.45, 2.75) is 45.4 Å². The number of thiazole rings is 1. The molecule has 0 saturated carbocycles. The third-order valence-corrected chi connectivity index (χ3v) is 6.28. The van der Waals surface area contributed by atoms with E-state index in [9.17, 15) is 9.59 Å². The van der Waals surface area contributed by atoms with Crippen molar-refractivity contribution in [1.29, 1.82) is 0 Å². The average molecular weight is 496 g/mol. The van der Waals surface area contributed by atoms with Gasteiger partial charge in [0, 0.05) is 31.2 Å². The van der Waals surface area contributed by atoms with Gasteiger partial charge >= 0.3 is 6.03 Å². The molecule has 0 spiro atoms. The molecule has 0 aliphatic heterocycles. The standard InChI is InChI=1S/C26H33N5O3S/c1-4-5-6-7-8-9-16-34-21-13-11-20(12-14-21)31(25(27)33)26-29-23(18-35-26)19-10-15-22(28-17-19)24(32)30(2)3/h10-15,17-18H,4-9,16H2,1-3H3,(H2,27,33). The Balaban J connectivity index is 1.64. The molecule has 35 heavy (non-hydrogen) atoms. The van der Waals surface area contributed by atoms with Gasteiger partial charge in [-0.05, 0) is 42.8 Å². The van der Waals surface area contributed by atoms with E-state index < -0.39 is 6.03 Å². The van der Waals surface area contributed by atoms with Gasteiger partial charge in [-0.2, -0.15) is 0 Å². The summed E-state index contributed by atoms with van der Waals surface area (Å²) < 4.78 is 5.83. The molecule has 0 saturated heterocycles. The van der Waals surface area contributed by atoms with Crippen LogP contribution in [0.2, 0.25) is 0 Å². The molecule has 186 valence electrons. The van der Waals surface area contributed by atoms with Gasteiger partial charge in [-0.1, -0.05) is 39.0 Å². The van der Waals surface area contributed by atoms with Crippen LogP contribution in [0.3, 0.4) is 0 Å². The molecule has 3 rings (SSSR count). The summed E-state index contributed by atoms with van der Waals surface area (Å²) >= 11 is 1.30. The summed E-state index contributed by atoms with van der Waals surface area (Å²) in [6, 6.07) is 10.1. The second kappa shape index (κ2) is 12.9. The van der Waals surface area contributed by atoms with Crippen LogP contribution >= 0.6 is 11.3 Å². The molecule has 3 aromatic rings. The van der Waals surface area contributed by atoms with Gasteiger partial charge in [-0.15, -0.1) is 11.3 Å². The number of hydrogen-bond acceptors (Lipinski definition) is 6. The smallest absolute Gasteiger partial charge is 0.325 e. The van der Waals surface area contributed by atoms with Crippen molar-refractivity contribution in [3.63, 3.8) is 0 Å². The van der Waals surface area contributed by atoms with Crippen LogP contribution in [0, 0.1) is 0 Å². The number of pyridine rings is 1. The molecule has 0 unspecified atom stereocenters. The van der Waals surface area contributed by atoms with E-state index in [-0.39, 0.29) is 5.91 Å². The highest BCUT2D eigenvalue weighted by Crippen LogP contribution is 2.32. The maximum atomic E-state index is 12.3. The molecule has 0 aliphatic carbocycles. The Morgan fingerprint density at radius 1 is 1.00 bits per heavy atom. The number of unbranched alkanes of at least 4 members (excludes halogenated alkanes) is 5. The number of ether oxygens (including phenoxy) is 1. The minimum Gasteiger partial charge on any atom is -0.494 e. The lowest BCUT2D eigenvalue weighted by atomic mass is 10.1. The van der Waals surface area contributed by atoms with E-state index in [1.807, 2.05) is 17.5 Å². The Labute approximate surface area is 210 Å². The van der Waals surface area contributed by atoms with Gasteiger partial charge in [-0.3, -0.25) is 9.78 Å². The zero-order chi connectivity index (χ0) is 25.2. The first kappa shape index (κ1) is 26.2. The lowest BCUT2D eigenvalue weighted by molar-refractivity contribution is 0.0822. The fraction of sp³-hybridized carbons (Fsp3) is 0.385. The molecule has 0 radical (unpaired) electrons. The Hall–Kier alpha value is -3.46. The third-order valence-electron chi connectivity index (χ3n) is 5.45. The lowest BCUT2D eigenvalue weighted by Crippen LogP contribution is -2.31. The number of carbonyl (C=O) groups excluding carboxylic acids is 2. The molecule has 0 fully saturated rings. The van der Waals surface area contributed by atoms with E-state index in [1.54, 1.807) is 44.6 Å². The van der Waals surface area contributed by atoms with Crippen LogP contribution in [0.5, 0.6) is 5.75 Å². The van der Waals surface area contributed by atoms with Crippen LogP contribution in [0.15, 0.2) is 48.0 Å². The first-order valence-electron chi connectivity index (χ1n) is 11.9. The van der Waals surface area contributed by atoms with Crippen molar-refractivity contribution in [3.8, 4) is 17.0 Å². The summed E-state index contributed by atoms with van der Waals surface area (Å²) in [4.78, 5) is 36.0. The zero-order valence-electron chi connectivity index (χ0n) is 20.6. The minimum atomic E-state index is -0.628. The summed E-state index contributed by atoms with van der Waals surface area (Å²) in [6.45, 7) is 2.89. The normalized spacial score (nSPS) is 10.7.